The topological polar surface area (TPSA) is 27.1 Å². The third-order valence-electron chi connectivity index (χ3n) is 16.1. The molecule has 9 aromatic rings. The fourth-order valence-corrected chi connectivity index (χ4v) is 11.7. The molecule has 5 heteroatoms. The molecule has 2 aromatic heterocycles. The number of ether oxygens (including phenoxy) is 1. The third-order valence-corrected chi connectivity index (χ3v) is 16.1. The zero-order valence-corrected chi connectivity index (χ0v) is 46.5. The molecule has 0 spiro atoms. The molecule has 4 heterocycles. The SMILES string of the molecule is CC(C)c1cc(C(C)C)c(-c2ccc3c(c2)[N+]2(c4cc(Oc5ccc6c7ccccc7n(-c7cc(C(C)(C)C)ccn7)c6c5)cc(C(C)(C)C)c4)[CH-][N@+]32c2cc(-c3ccccc3)cc(C(C)(C)C)c2)c(C(C)C)c1. The Morgan fingerprint density at radius 1 is 0.459 bits per heavy atom. The first kappa shape index (κ1) is 49.4. The fraction of sp³-hybridized carbons (Fsp3) is 0.304. The average Bonchev–Trinajstić information content (AvgIpc) is 3.86. The molecule has 1 unspecified atom stereocenters. The Balaban J connectivity index is 1.12. The highest BCUT2D eigenvalue weighted by atomic mass is 16.5. The highest BCUT2D eigenvalue weighted by Crippen LogP contribution is 2.76. The number of pyridine rings is 1. The number of nitrogens with zero attached hydrogens (tertiary/aromatic N) is 4. The van der Waals surface area contributed by atoms with Crippen molar-refractivity contribution >= 4 is 44.6 Å². The summed E-state index contributed by atoms with van der Waals surface area (Å²) >= 11 is 0. The lowest BCUT2D eigenvalue weighted by Gasteiger charge is -2.41. The van der Waals surface area contributed by atoms with E-state index in [-0.39, 0.29) is 16.2 Å². The predicted octanol–water partition coefficient (Wildman–Crippen LogP) is 19.9. The van der Waals surface area contributed by atoms with E-state index in [2.05, 4.69) is 267 Å². The Kier molecular flexibility index (Phi) is 11.6. The standard InChI is InChI=1S/C69H75N4O/c1-43(2)48-33-59(44(3)4)66(60(34-48)45(5)6)47-25-28-63-64(35-47)73(42-72(63,73)53-32-49(46-21-17-16-18-22-46)31-51(36-53)68(10,11)12)54-37-52(69(13,14)15)38-56(40-54)74-55-26-27-58-57-23-19-20-24-61(57)71(62(58)41-55)65-39-50(29-30-70-65)67(7,8)9/h16-45H,1-15H3/q+1/t72-,73?/m0/s1. The highest BCUT2D eigenvalue weighted by Gasteiger charge is 2.78. The Morgan fingerprint density at radius 2 is 1.07 bits per heavy atom. The van der Waals surface area contributed by atoms with Crippen molar-refractivity contribution in [2.75, 3.05) is 0 Å². The molecule has 2 aliphatic rings. The molecule has 0 bridgehead atoms. The minimum Gasteiger partial charge on any atom is -0.457 e. The molecule has 2 aliphatic heterocycles. The maximum absolute atomic E-state index is 7.22. The molecule has 0 N–H and O–H groups in total. The van der Waals surface area contributed by atoms with E-state index in [4.69, 9.17) is 9.72 Å². The van der Waals surface area contributed by atoms with Crippen molar-refractivity contribution in [3.63, 3.8) is 0 Å². The Hall–Kier alpha value is -6.79. The Morgan fingerprint density at radius 3 is 1.72 bits per heavy atom. The van der Waals surface area contributed by atoms with Gasteiger partial charge in [0, 0.05) is 59.4 Å². The van der Waals surface area contributed by atoms with Gasteiger partial charge < -0.3 is 4.74 Å². The molecule has 0 saturated carbocycles. The summed E-state index contributed by atoms with van der Waals surface area (Å²) in [5, 5.41) is 2.36. The molecule has 74 heavy (non-hydrogen) atoms. The smallest absolute Gasteiger partial charge is 0.226 e. The van der Waals surface area contributed by atoms with Gasteiger partial charge in [-0.2, -0.15) is 9.18 Å². The lowest BCUT2D eigenvalue weighted by Crippen LogP contribution is -2.46. The van der Waals surface area contributed by atoms with Crippen LogP contribution in [0.15, 0.2) is 158 Å². The van der Waals surface area contributed by atoms with Gasteiger partial charge in [-0.1, -0.05) is 171 Å². The van der Waals surface area contributed by atoms with Crippen molar-refractivity contribution in [1.82, 2.24) is 18.7 Å². The normalized spacial score (nSPS) is 17.5. The van der Waals surface area contributed by atoms with Crippen LogP contribution in [-0.4, -0.2) is 9.55 Å². The van der Waals surface area contributed by atoms with Crippen LogP contribution < -0.4 is 13.9 Å². The molecule has 0 radical (unpaired) electrons. The molecule has 376 valence electrons. The van der Waals surface area contributed by atoms with Crippen molar-refractivity contribution in [1.29, 1.82) is 0 Å². The van der Waals surface area contributed by atoms with Crippen LogP contribution in [0.2, 0.25) is 0 Å². The predicted molar refractivity (Wildman–Crippen MR) is 314 cm³/mol. The van der Waals surface area contributed by atoms with E-state index >= 15 is 0 Å². The second kappa shape index (κ2) is 17.4. The number of hydrogen-bond donors (Lipinski definition) is 0. The molecule has 11 rings (SSSR count). The van der Waals surface area contributed by atoms with Gasteiger partial charge in [-0.3, -0.25) is 4.57 Å². The van der Waals surface area contributed by atoms with Crippen LogP contribution in [0.5, 0.6) is 11.5 Å². The van der Waals surface area contributed by atoms with Gasteiger partial charge >= 0.3 is 0 Å². The van der Waals surface area contributed by atoms with E-state index in [0.717, 1.165) is 28.4 Å². The molecule has 1 saturated heterocycles. The summed E-state index contributed by atoms with van der Waals surface area (Å²) in [4.78, 5) is 4.98. The van der Waals surface area contributed by atoms with Gasteiger partial charge in [-0.15, -0.1) is 0 Å². The quantitative estimate of drug-likeness (QED) is 0.0776. The number of quaternary nitrogens is 2. The molecular formula is C69H75N4O+. The molecular weight excluding hydrogens is 901 g/mol. The van der Waals surface area contributed by atoms with Crippen LogP contribution in [0.3, 0.4) is 0 Å². The number of rotatable bonds is 10. The van der Waals surface area contributed by atoms with E-state index < -0.39 is 0 Å². The van der Waals surface area contributed by atoms with Crippen LogP contribution in [0, 0.1) is 6.67 Å². The lowest BCUT2D eigenvalue weighted by molar-refractivity contribution is 0.421. The number of benzene rings is 7. The second-order valence-corrected chi connectivity index (χ2v) is 25.4. The minimum atomic E-state index is -0.170. The highest BCUT2D eigenvalue weighted by molar-refractivity contribution is 6.09. The van der Waals surface area contributed by atoms with Crippen molar-refractivity contribution in [3.05, 3.63) is 198 Å². The third kappa shape index (κ3) is 8.01. The van der Waals surface area contributed by atoms with Gasteiger partial charge in [-0.25, -0.2) is 4.98 Å². The number of aromatic nitrogens is 2. The van der Waals surface area contributed by atoms with Gasteiger partial charge in [0.15, 0.2) is 18.0 Å². The van der Waals surface area contributed by atoms with Gasteiger partial charge in [0.25, 0.3) is 0 Å². The van der Waals surface area contributed by atoms with E-state index in [1.807, 2.05) is 6.20 Å². The summed E-state index contributed by atoms with van der Waals surface area (Å²) in [6.45, 7) is 37.3. The van der Waals surface area contributed by atoms with Gasteiger partial charge in [0.2, 0.25) is 11.4 Å². The van der Waals surface area contributed by atoms with Crippen molar-refractivity contribution in [3.8, 4) is 39.6 Å². The first-order chi connectivity index (χ1) is 35.0. The monoisotopic (exact) mass is 976 g/mol. The van der Waals surface area contributed by atoms with E-state index in [0.29, 0.717) is 26.9 Å². The van der Waals surface area contributed by atoms with Crippen LogP contribution in [0.25, 0.3) is 49.9 Å². The molecule has 7 aromatic carbocycles. The Labute approximate surface area is 441 Å². The van der Waals surface area contributed by atoms with Crippen molar-refractivity contribution in [2.45, 2.75) is 138 Å². The summed E-state index contributed by atoms with van der Waals surface area (Å²) < 4.78 is 10.7. The number of hydrogen-bond acceptors (Lipinski definition) is 2. The van der Waals surface area contributed by atoms with Crippen LogP contribution in [0.1, 0.15) is 155 Å². The largest absolute Gasteiger partial charge is 0.457 e. The molecule has 0 aliphatic carbocycles. The average molecular weight is 976 g/mol. The van der Waals surface area contributed by atoms with Gasteiger partial charge in [0.05, 0.1) is 11.0 Å². The summed E-state index contributed by atoms with van der Waals surface area (Å²) in [5.74, 6) is 3.68. The van der Waals surface area contributed by atoms with Crippen molar-refractivity contribution in [2.24, 2.45) is 0 Å². The molecule has 5 nitrogen and oxygen atoms in total. The van der Waals surface area contributed by atoms with Gasteiger partial charge in [0.1, 0.15) is 17.3 Å². The zero-order chi connectivity index (χ0) is 52.4. The van der Waals surface area contributed by atoms with Crippen LogP contribution >= 0.6 is 0 Å². The molecule has 2 atom stereocenters. The first-order valence-electron chi connectivity index (χ1n) is 27.0. The van der Waals surface area contributed by atoms with Gasteiger partial charge in [-0.05, 0) is 132 Å². The fourth-order valence-electron chi connectivity index (χ4n) is 11.7. The van der Waals surface area contributed by atoms with Crippen LogP contribution in [0.4, 0.5) is 22.7 Å². The summed E-state index contributed by atoms with van der Waals surface area (Å²) in [7, 11) is 0. The van der Waals surface area contributed by atoms with Crippen molar-refractivity contribution < 1.29 is 4.74 Å². The summed E-state index contributed by atoms with van der Waals surface area (Å²) in [6.07, 6.45) is 1.94. The lowest BCUT2D eigenvalue weighted by atomic mass is 9.81. The minimum absolute atomic E-state index is 0.0248. The summed E-state index contributed by atoms with van der Waals surface area (Å²) in [6, 6.07) is 57.2. The molecule has 0 amide bonds. The maximum Gasteiger partial charge on any atom is 0.226 e. The van der Waals surface area contributed by atoms with E-state index in [9.17, 15) is 0 Å². The first-order valence-corrected chi connectivity index (χ1v) is 27.0. The number of para-hydroxylation sites is 1. The Bertz CT molecular complexity index is 3640. The molecule has 1 fully saturated rings. The number of fused-ring (bicyclic) bond motifs is 7. The second-order valence-electron chi connectivity index (χ2n) is 25.4. The van der Waals surface area contributed by atoms with E-state index in [1.165, 1.54) is 89.2 Å². The maximum atomic E-state index is 7.22. The van der Waals surface area contributed by atoms with Crippen LogP contribution in [-0.2, 0) is 16.2 Å². The summed E-state index contributed by atoms with van der Waals surface area (Å²) in [5.41, 5.74) is 20.1. The van der Waals surface area contributed by atoms with E-state index in [1.54, 1.807) is 0 Å². The zero-order valence-electron chi connectivity index (χ0n) is 46.5.